The van der Waals surface area contributed by atoms with E-state index >= 15 is 0 Å². The summed E-state index contributed by atoms with van der Waals surface area (Å²) >= 11 is 0. The van der Waals surface area contributed by atoms with Crippen LogP contribution in [0.4, 0.5) is 0 Å². The van der Waals surface area contributed by atoms with Gasteiger partial charge in [0, 0.05) is 27.1 Å². The number of aromatic nitrogens is 2. The third-order valence-corrected chi connectivity index (χ3v) is 5.14. The summed E-state index contributed by atoms with van der Waals surface area (Å²) in [6.45, 7) is 2.99. The zero-order valence-electron chi connectivity index (χ0n) is 11.3. The van der Waals surface area contributed by atoms with Crippen molar-refractivity contribution in [2.45, 2.75) is 50.6 Å². The molecule has 0 N–H and O–H groups in total. The van der Waals surface area contributed by atoms with Gasteiger partial charge in [0.15, 0.2) is 5.03 Å². The highest BCUT2D eigenvalue weighted by Gasteiger charge is 2.29. The average molecular weight is 271 g/mol. The lowest BCUT2D eigenvalue weighted by Crippen LogP contribution is -2.24. The van der Waals surface area contributed by atoms with Crippen LogP contribution in [0.15, 0.2) is 5.03 Å². The standard InChI is InChI=1S/C12H21N3O2S/c1-4-7-11-13-12(18(16,17)14(2)3)10-8-5-6-9-15(10)11/h4-9H2,1-3H3. The van der Waals surface area contributed by atoms with E-state index in [1.807, 2.05) is 0 Å². The Morgan fingerprint density at radius 2 is 2.06 bits per heavy atom. The van der Waals surface area contributed by atoms with E-state index in [2.05, 4.69) is 16.5 Å². The van der Waals surface area contributed by atoms with Crippen molar-refractivity contribution < 1.29 is 8.42 Å². The number of hydrogen-bond donors (Lipinski definition) is 0. The first-order valence-electron chi connectivity index (χ1n) is 6.49. The first-order valence-corrected chi connectivity index (χ1v) is 7.93. The topological polar surface area (TPSA) is 55.2 Å². The molecule has 2 heterocycles. The third kappa shape index (κ3) is 2.19. The van der Waals surface area contributed by atoms with E-state index in [0.717, 1.165) is 50.2 Å². The van der Waals surface area contributed by atoms with E-state index in [4.69, 9.17) is 0 Å². The number of imidazole rings is 1. The number of fused-ring (bicyclic) bond motifs is 1. The Kier molecular flexibility index (Phi) is 3.77. The summed E-state index contributed by atoms with van der Waals surface area (Å²) in [5.41, 5.74) is 0.901. The quantitative estimate of drug-likeness (QED) is 0.832. The Labute approximate surface area is 109 Å². The van der Waals surface area contributed by atoms with Crippen molar-refractivity contribution in [3.05, 3.63) is 11.5 Å². The number of nitrogens with zero attached hydrogens (tertiary/aromatic N) is 3. The maximum Gasteiger partial charge on any atom is 0.261 e. The first kappa shape index (κ1) is 13.5. The maximum atomic E-state index is 12.3. The molecule has 5 nitrogen and oxygen atoms in total. The second kappa shape index (κ2) is 5.01. The molecule has 0 radical (unpaired) electrons. The van der Waals surface area contributed by atoms with Gasteiger partial charge in [-0.2, -0.15) is 0 Å². The minimum atomic E-state index is -3.41. The van der Waals surface area contributed by atoms with Crippen LogP contribution in [0.1, 0.15) is 37.7 Å². The van der Waals surface area contributed by atoms with Gasteiger partial charge in [0.05, 0.1) is 5.69 Å². The molecule has 1 aromatic heterocycles. The van der Waals surface area contributed by atoms with Crippen LogP contribution >= 0.6 is 0 Å². The van der Waals surface area contributed by atoms with Gasteiger partial charge < -0.3 is 4.57 Å². The van der Waals surface area contributed by atoms with Gasteiger partial charge in [0.2, 0.25) is 0 Å². The van der Waals surface area contributed by atoms with Crippen molar-refractivity contribution in [3.63, 3.8) is 0 Å². The molecule has 0 spiro atoms. The fourth-order valence-electron chi connectivity index (χ4n) is 2.38. The second-order valence-corrected chi connectivity index (χ2v) is 6.99. The molecule has 1 aliphatic heterocycles. The van der Waals surface area contributed by atoms with Crippen molar-refractivity contribution in [1.29, 1.82) is 0 Å². The molecule has 0 atom stereocenters. The van der Waals surface area contributed by atoms with Gasteiger partial charge in [-0.25, -0.2) is 17.7 Å². The fourth-order valence-corrected chi connectivity index (χ4v) is 3.45. The van der Waals surface area contributed by atoms with Crippen LogP contribution in [-0.4, -0.2) is 36.4 Å². The molecular weight excluding hydrogens is 250 g/mol. The lowest BCUT2D eigenvalue weighted by Gasteiger charge is -2.18. The van der Waals surface area contributed by atoms with Gasteiger partial charge in [-0.05, 0) is 25.7 Å². The number of hydrogen-bond acceptors (Lipinski definition) is 3. The number of sulfonamides is 1. The Hall–Kier alpha value is -0.880. The third-order valence-electron chi connectivity index (χ3n) is 3.36. The summed E-state index contributed by atoms with van der Waals surface area (Å²) < 4.78 is 27.9. The molecule has 6 heteroatoms. The van der Waals surface area contributed by atoms with Crippen LogP contribution in [0.2, 0.25) is 0 Å². The highest BCUT2D eigenvalue weighted by Crippen LogP contribution is 2.26. The van der Waals surface area contributed by atoms with E-state index in [-0.39, 0.29) is 5.03 Å². The predicted octanol–water partition coefficient (Wildman–Crippen LogP) is 1.42. The Bertz CT molecular complexity index is 532. The summed E-state index contributed by atoms with van der Waals surface area (Å²) in [4.78, 5) is 4.41. The van der Waals surface area contributed by atoms with Gasteiger partial charge >= 0.3 is 0 Å². The highest BCUT2D eigenvalue weighted by molar-refractivity contribution is 7.89. The lowest BCUT2D eigenvalue weighted by molar-refractivity contribution is 0.497. The van der Waals surface area contributed by atoms with Gasteiger partial charge in [0.25, 0.3) is 10.0 Å². The molecule has 1 aromatic rings. The molecule has 0 amide bonds. The van der Waals surface area contributed by atoms with Crippen LogP contribution in [-0.2, 0) is 29.4 Å². The van der Waals surface area contributed by atoms with E-state index in [1.165, 1.54) is 4.31 Å². The predicted molar refractivity (Wildman–Crippen MR) is 70.0 cm³/mol. The Balaban J connectivity index is 2.55. The first-order chi connectivity index (χ1) is 8.48. The van der Waals surface area contributed by atoms with Gasteiger partial charge in [-0.1, -0.05) is 6.92 Å². The molecular formula is C12H21N3O2S. The minimum absolute atomic E-state index is 0.274. The zero-order valence-corrected chi connectivity index (χ0v) is 12.1. The molecule has 0 aliphatic carbocycles. The molecule has 0 saturated carbocycles. The fraction of sp³-hybridized carbons (Fsp3) is 0.750. The highest BCUT2D eigenvalue weighted by atomic mass is 32.2. The summed E-state index contributed by atoms with van der Waals surface area (Å²) in [6, 6.07) is 0. The van der Waals surface area contributed by atoms with E-state index in [0.29, 0.717) is 0 Å². The average Bonchev–Trinajstić information content (AvgIpc) is 2.70. The SMILES string of the molecule is CCCc1nc(S(=O)(=O)N(C)C)c2n1CCCC2. The summed E-state index contributed by atoms with van der Waals surface area (Å²) in [6.07, 6.45) is 4.81. The van der Waals surface area contributed by atoms with Crippen LogP contribution in [0.5, 0.6) is 0 Å². The molecule has 2 rings (SSSR count). The summed E-state index contributed by atoms with van der Waals surface area (Å²) in [5, 5.41) is 0.274. The lowest BCUT2D eigenvalue weighted by atomic mass is 10.1. The molecule has 0 bridgehead atoms. The monoisotopic (exact) mass is 271 g/mol. The largest absolute Gasteiger partial charge is 0.331 e. The van der Waals surface area contributed by atoms with Crippen molar-refractivity contribution in [2.75, 3.05) is 14.1 Å². The molecule has 18 heavy (non-hydrogen) atoms. The van der Waals surface area contributed by atoms with Crippen molar-refractivity contribution >= 4 is 10.0 Å². The second-order valence-electron chi connectivity index (χ2n) is 4.93. The zero-order chi connectivity index (χ0) is 13.3. The molecule has 0 aromatic carbocycles. The molecule has 102 valence electrons. The van der Waals surface area contributed by atoms with Gasteiger partial charge in [-0.15, -0.1) is 0 Å². The minimum Gasteiger partial charge on any atom is -0.331 e. The van der Waals surface area contributed by atoms with Gasteiger partial charge in [0.1, 0.15) is 5.82 Å². The normalized spacial score (nSPS) is 16.0. The molecule has 0 saturated heterocycles. The molecule has 0 unspecified atom stereocenters. The smallest absolute Gasteiger partial charge is 0.261 e. The Morgan fingerprint density at radius 1 is 1.33 bits per heavy atom. The Morgan fingerprint density at radius 3 is 2.67 bits per heavy atom. The van der Waals surface area contributed by atoms with Crippen LogP contribution in [0, 0.1) is 0 Å². The van der Waals surface area contributed by atoms with Crippen molar-refractivity contribution in [2.24, 2.45) is 0 Å². The van der Waals surface area contributed by atoms with Crippen molar-refractivity contribution in [3.8, 4) is 0 Å². The van der Waals surface area contributed by atoms with Crippen LogP contribution < -0.4 is 0 Å². The van der Waals surface area contributed by atoms with E-state index < -0.39 is 10.0 Å². The number of rotatable bonds is 4. The summed E-state index contributed by atoms with van der Waals surface area (Å²) in [7, 11) is -0.297. The van der Waals surface area contributed by atoms with Crippen LogP contribution in [0.25, 0.3) is 0 Å². The molecule has 0 fully saturated rings. The van der Waals surface area contributed by atoms with E-state index in [1.54, 1.807) is 14.1 Å². The summed E-state index contributed by atoms with van der Waals surface area (Å²) in [5.74, 6) is 0.924. The van der Waals surface area contributed by atoms with Crippen molar-refractivity contribution in [1.82, 2.24) is 13.9 Å². The number of aryl methyl sites for hydroxylation is 1. The molecule has 1 aliphatic rings. The van der Waals surface area contributed by atoms with E-state index in [9.17, 15) is 8.42 Å². The van der Waals surface area contributed by atoms with Gasteiger partial charge in [-0.3, -0.25) is 0 Å². The van der Waals surface area contributed by atoms with Crippen LogP contribution in [0.3, 0.4) is 0 Å². The maximum absolute atomic E-state index is 12.3.